The van der Waals surface area contributed by atoms with Gasteiger partial charge in [0.05, 0.1) is 6.10 Å². The van der Waals surface area contributed by atoms with E-state index in [0.717, 1.165) is 29.8 Å². The van der Waals surface area contributed by atoms with Crippen LogP contribution in [0.1, 0.15) is 28.4 Å². The first kappa shape index (κ1) is 17.3. The fourth-order valence-electron chi connectivity index (χ4n) is 3.10. The van der Waals surface area contributed by atoms with Crippen molar-refractivity contribution in [1.82, 2.24) is 5.32 Å². The number of carbonyl (C=O) groups excluding carboxylic acids is 1. The molecule has 0 radical (unpaired) electrons. The van der Waals surface area contributed by atoms with Gasteiger partial charge in [0.2, 0.25) is 0 Å². The van der Waals surface area contributed by atoms with E-state index in [1.54, 1.807) is 0 Å². The summed E-state index contributed by atoms with van der Waals surface area (Å²) in [7, 11) is 2.07. The van der Waals surface area contributed by atoms with Gasteiger partial charge in [-0.05, 0) is 60.7 Å². The van der Waals surface area contributed by atoms with E-state index in [2.05, 4.69) is 22.6 Å². The standard InChI is InChI=1S/C20H25N3O2/c1-13-4-6-17(10-14(13)2)22-20(25)21-12-19(24)16-5-7-18-15(11-16)8-9-23(18)3/h4-7,10-11,19,24H,8-9,12H2,1-3H3,(H2,21,22,25)/t19-/m0/s1. The minimum absolute atomic E-state index is 0.172. The molecule has 25 heavy (non-hydrogen) atoms. The molecule has 0 bridgehead atoms. The number of amides is 2. The monoisotopic (exact) mass is 339 g/mol. The highest BCUT2D eigenvalue weighted by atomic mass is 16.3. The quantitative estimate of drug-likeness (QED) is 0.802. The zero-order valence-corrected chi connectivity index (χ0v) is 15.0. The number of aliphatic hydroxyl groups excluding tert-OH is 1. The molecule has 132 valence electrons. The highest BCUT2D eigenvalue weighted by Gasteiger charge is 2.18. The average molecular weight is 339 g/mol. The zero-order valence-electron chi connectivity index (χ0n) is 15.0. The number of hydrogen-bond donors (Lipinski definition) is 3. The van der Waals surface area contributed by atoms with Gasteiger partial charge in [0.1, 0.15) is 0 Å². The molecule has 0 spiro atoms. The predicted molar refractivity (Wildman–Crippen MR) is 101 cm³/mol. The van der Waals surface area contributed by atoms with Gasteiger partial charge in [-0.1, -0.05) is 18.2 Å². The van der Waals surface area contributed by atoms with Gasteiger partial charge in [-0.2, -0.15) is 0 Å². The Balaban J connectivity index is 1.56. The molecule has 3 N–H and O–H groups in total. The molecular formula is C20H25N3O2. The third-order valence-corrected chi connectivity index (χ3v) is 4.84. The van der Waals surface area contributed by atoms with Crippen molar-refractivity contribution in [3.8, 4) is 0 Å². The Labute approximate surface area is 148 Å². The number of fused-ring (bicyclic) bond motifs is 1. The molecule has 0 aromatic heterocycles. The zero-order chi connectivity index (χ0) is 18.0. The van der Waals surface area contributed by atoms with Gasteiger partial charge in [0.25, 0.3) is 0 Å². The van der Waals surface area contributed by atoms with Crippen molar-refractivity contribution in [3.05, 3.63) is 58.7 Å². The van der Waals surface area contributed by atoms with Crippen LogP contribution in [-0.2, 0) is 6.42 Å². The molecular weight excluding hydrogens is 314 g/mol. The fourth-order valence-corrected chi connectivity index (χ4v) is 3.10. The summed E-state index contributed by atoms with van der Waals surface area (Å²) in [5.74, 6) is 0. The fraction of sp³-hybridized carbons (Fsp3) is 0.350. The van der Waals surface area contributed by atoms with Crippen molar-refractivity contribution in [2.24, 2.45) is 0 Å². The minimum atomic E-state index is -0.721. The van der Waals surface area contributed by atoms with Crippen LogP contribution in [0, 0.1) is 13.8 Å². The second-order valence-corrected chi connectivity index (χ2v) is 6.71. The van der Waals surface area contributed by atoms with Crippen LogP contribution in [0.4, 0.5) is 16.2 Å². The van der Waals surface area contributed by atoms with Gasteiger partial charge in [0, 0.05) is 31.5 Å². The summed E-state index contributed by atoms with van der Waals surface area (Å²) in [6.07, 6.45) is 0.272. The molecule has 0 aliphatic carbocycles. The van der Waals surface area contributed by atoms with Crippen LogP contribution in [0.25, 0.3) is 0 Å². The summed E-state index contributed by atoms with van der Waals surface area (Å²) in [6.45, 7) is 5.22. The Morgan fingerprint density at radius 1 is 1.20 bits per heavy atom. The van der Waals surface area contributed by atoms with E-state index in [9.17, 15) is 9.90 Å². The summed E-state index contributed by atoms with van der Waals surface area (Å²) >= 11 is 0. The predicted octanol–water partition coefficient (Wildman–Crippen LogP) is 3.15. The van der Waals surface area contributed by atoms with E-state index < -0.39 is 6.10 Å². The van der Waals surface area contributed by atoms with Gasteiger partial charge >= 0.3 is 6.03 Å². The van der Waals surface area contributed by atoms with E-state index in [-0.39, 0.29) is 12.6 Å². The maximum Gasteiger partial charge on any atom is 0.319 e. The van der Waals surface area contributed by atoms with E-state index in [1.807, 2.05) is 50.2 Å². The molecule has 2 aromatic carbocycles. The third-order valence-electron chi connectivity index (χ3n) is 4.84. The Morgan fingerprint density at radius 3 is 2.76 bits per heavy atom. The Morgan fingerprint density at radius 2 is 2.00 bits per heavy atom. The molecule has 1 aliphatic heterocycles. The smallest absolute Gasteiger partial charge is 0.319 e. The van der Waals surface area contributed by atoms with Crippen LogP contribution < -0.4 is 15.5 Å². The molecule has 1 aliphatic rings. The van der Waals surface area contributed by atoms with Crippen molar-refractivity contribution in [2.45, 2.75) is 26.4 Å². The molecule has 0 fully saturated rings. The first-order chi connectivity index (χ1) is 11.9. The van der Waals surface area contributed by atoms with Gasteiger partial charge in [-0.25, -0.2) is 4.79 Å². The third kappa shape index (κ3) is 3.94. The topological polar surface area (TPSA) is 64.6 Å². The summed E-state index contributed by atoms with van der Waals surface area (Å²) < 4.78 is 0. The van der Waals surface area contributed by atoms with Crippen LogP contribution in [0.5, 0.6) is 0 Å². The minimum Gasteiger partial charge on any atom is -0.387 e. The van der Waals surface area contributed by atoms with Crippen molar-refractivity contribution in [2.75, 3.05) is 30.4 Å². The number of benzene rings is 2. The maximum absolute atomic E-state index is 12.0. The second-order valence-electron chi connectivity index (χ2n) is 6.71. The summed E-state index contributed by atoms with van der Waals surface area (Å²) in [4.78, 5) is 14.2. The molecule has 2 amide bonds. The highest BCUT2D eigenvalue weighted by Crippen LogP contribution is 2.29. The van der Waals surface area contributed by atoms with Gasteiger partial charge in [0.15, 0.2) is 0 Å². The SMILES string of the molecule is Cc1ccc(NC(=O)NC[C@H](O)c2ccc3c(c2)CCN3C)cc1C. The lowest BCUT2D eigenvalue weighted by atomic mass is 10.0. The lowest BCUT2D eigenvalue weighted by Crippen LogP contribution is -2.32. The van der Waals surface area contributed by atoms with Crippen LogP contribution in [0.3, 0.4) is 0 Å². The number of anilines is 2. The van der Waals surface area contributed by atoms with E-state index in [4.69, 9.17) is 0 Å². The number of nitrogens with one attached hydrogen (secondary N) is 2. The first-order valence-corrected chi connectivity index (χ1v) is 8.58. The number of carbonyl (C=O) groups is 1. The van der Waals surface area contributed by atoms with Crippen LogP contribution >= 0.6 is 0 Å². The number of aliphatic hydroxyl groups is 1. The van der Waals surface area contributed by atoms with Gasteiger partial charge in [-0.3, -0.25) is 0 Å². The average Bonchev–Trinajstić information content (AvgIpc) is 2.96. The second kappa shape index (κ2) is 7.15. The Hall–Kier alpha value is -2.53. The Bertz CT molecular complexity index is 789. The summed E-state index contributed by atoms with van der Waals surface area (Å²) in [6, 6.07) is 11.5. The number of rotatable bonds is 4. The number of aryl methyl sites for hydroxylation is 2. The molecule has 0 saturated heterocycles. The van der Waals surface area contributed by atoms with E-state index in [0.29, 0.717) is 0 Å². The maximum atomic E-state index is 12.0. The number of likely N-dealkylation sites (N-methyl/N-ethyl adjacent to an activating group) is 1. The van der Waals surface area contributed by atoms with E-state index in [1.165, 1.54) is 16.8 Å². The molecule has 5 nitrogen and oxygen atoms in total. The molecule has 0 saturated carbocycles. The first-order valence-electron chi connectivity index (χ1n) is 8.58. The van der Waals surface area contributed by atoms with Crippen molar-refractivity contribution in [3.63, 3.8) is 0 Å². The van der Waals surface area contributed by atoms with E-state index >= 15 is 0 Å². The number of urea groups is 1. The lowest BCUT2D eigenvalue weighted by molar-refractivity contribution is 0.175. The lowest BCUT2D eigenvalue weighted by Gasteiger charge is -2.16. The van der Waals surface area contributed by atoms with Crippen molar-refractivity contribution in [1.29, 1.82) is 0 Å². The Kier molecular flexibility index (Phi) is 4.95. The van der Waals surface area contributed by atoms with Crippen LogP contribution in [0.2, 0.25) is 0 Å². The molecule has 1 atom stereocenters. The number of hydrogen-bond acceptors (Lipinski definition) is 3. The number of nitrogens with zero attached hydrogens (tertiary/aromatic N) is 1. The molecule has 2 aromatic rings. The molecule has 3 rings (SSSR count). The van der Waals surface area contributed by atoms with Gasteiger partial charge in [-0.15, -0.1) is 0 Å². The van der Waals surface area contributed by atoms with Crippen molar-refractivity contribution < 1.29 is 9.90 Å². The van der Waals surface area contributed by atoms with Crippen LogP contribution in [0.15, 0.2) is 36.4 Å². The largest absolute Gasteiger partial charge is 0.387 e. The van der Waals surface area contributed by atoms with Crippen molar-refractivity contribution >= 4 is 17.4 Å². The molecule has 0 unspecified atom stereocenters. The molecule has 1 heterocycles. The highest BCUT2D eigenvalue weighted by molar-refractivity contribution is 5.89. The summed E-state index contributed by atoms with van der Waals surface area (Å²) in [5.41, 5.74) is 6.36. The summed E-state index contributed by atoms with van der Waals surface area (Å²) in [5, 5.41) is 15.9. The molecule has 5 heteroatoms. The van der Waals surface area contributed by atoms with Crippen LogP contribution in [-0.4, -0.2) is 31.3 Å². The van der Waals surface area contributed by atoms with Gasteiger partial charge < -0.3 is 20.6 Å². The normalized spacial score (nSPS) is 14.2.